The molecule has 1 amide bonds. The number of rotatable bonds is 3. The highest BCUT2D eigenvalue weighted by Crippen LogP contribution is 2.35. The Morgan fingerprint density at radius 1 is 1.41 bits per heavy atom. The molecule has 3 unspecified atom stereocenters. The lowest BCUT2D eigenvalue weighted by atomic mass is 9.78. The van der Waals surface area contributed by atoms with E-state index in [9.17, 15) is 4.79 Å². The van der Waals surface area contributed by atoms with E-state index in [0.717, 1.165) is 25.3 Å². The van der Waals surface area contributed by atoms with E-state index in [4.69, 9.17) is 5.73 Å². The van der Waals surface area contributed by atoms with Crippen molar-refractivity contribution in [3.63, 3.8) is 0 Å². The van der Waals surface area contributed by atoms with Crippen LogP contribution in [0.15, 0.2) is 0 Å². The predicted molar refractivity (Wildman–Crippen MR) is 75.6 cm³/mol. The van der Waals surface area contributed by atoms with E-state index in [-0.39, 0.29) is 12.4 Å². The number of likely N-dealkylation sites (tertiary alicyclic amines) is 1. The third-order valence-corrected chi connectivity index (χ3v) is 4.64. The molecule has 1 aliphatic carbocycles. The summed E-state index contributed by atoms with van der Waals surface area (Å²) in [7, 11) is 0. The zero-order valence-electron chi connectivity index (χ0n) is 10.4. The Labute approximate surface area is 114 Å². The van der Waals surface area contributed by atoms with Gasteiger partial charge in [0.05, 0.1) is 0 Å². The molecule has 1 saturated heterocycles. The first-order valence-electron chi connectivity index (χ1n) is 6.24. The lowest BCUT2D eigenvalue weighted by Crippen LogP contribution is -2.38. The number of nitrogens with two attached hydrogens (primary N) is 1. The topological polar surface area (TPSA) is 46.3 Å². The van der Waals surface area contributed by atoms with Crippen molar-refractivity contribution in [1.29, 1.82) is 0 Å². The molecule has 0 spiro atoms. The summed E-state index contributed by atoms with van der Waals surface area (Å²) in [6.45, 7) is 1.88. The van der Waals surface area contributed by atoms with E-state index in [2.05, 4.69) is 4.90 Å². The van der Waals surface area contributed by atoms with E-state index >= 15 is 0 Å². The number of hydrogen-bond acceptors (Lipinski definition) is 3. The second kappa shape index (κ2) is 6.86. The molecule has 17 heavy (non-hydrogen) atoms. The number of halogens is 1. The smallest absolute Gasteiger partial charge is 0.223 e. The fourth-order valence-corrected chi connectivity index (χ4v) is 3.45. The number of nitrogens with zero attached hydrogens (tertiary/aromatic N) is 1. The Balaban J connectivity index is 0.00000144. The molecular weight excluding hydrogens is 256 g/mol. The summed E-state index contributed by atoms with van der Waals surface area (Å²) in [5.41, 5.74) is 6.14. The maximum Gasteiger partial charge on any atom is 0.223 e. The molecule has 2 rings (SSSR count). The van der Waals surface area contributed by atoms with Crippen molar-refractivity contribution in [3.8, 4) is 0 Å². The molecular formula is C12H23ClN2OS. The lowest BCUT2D eigenvalue weighted by Gasteiger charge is -2.29. The first-order valence-corrected chi connectivity index (χ1v) is 7.64. The molecule has 100 valence electrons. The van der Waals surface area contributed by atoms with Crippen molar-refractivity contribution in [3.05, 3.63) is 0 Å². The Hall–Kier alpha value is 0.0700. The SMILES string of the molecule is CSCCC(=O)N1CC2CCCC(N)C2C1.Cl. The lowest BCUT2D eigenvalue weighted by molar-refractivity contribution is -0.129. The number of thioether (sulfide) groups is 1. The molecule has 3 atom stereocenters. The van der Waals surface area contributed by atoms with Gasteiger partial charge in [-0.3, -0.25) is 4.79 Å². The first-order chi connectivity index (χ1) is 7.72. The third-order valence-electron chi connectivity index (χ3n) is 4.03. The van der Waals surface area contributed by atoms with Gasteiger partial charge in [-0.1, -0.05) is 6.42 Å². The van der Waals surface area contributed by atoms with E-state index in [1.807, 2.05) is 6.26 Å². The van der Waals surface area contributed by atoms with Crippen molar-refractivity contribution in [1.82, 2.24) is 4.90 Å². The van der Waals surface area contributed by atoms with E-state index in [1.165, 1.54) is 12.8 Å². The summed E-state index contributed by atoms with van der Waals surface area (Å²) in [5.74, 6) is 2.53. The number of fused-ring (bicyclic) bond motifs is 1. The van der Waals surface area contributed by atoms with Crippen LogP contribution in [-0.4, -0.2) is 41.9 Å². The van der Waals surface area contributed by atoms with Crippen LogP contribution in [0.3, 0.4) is 0 Å². The largest absolute Gasteiger partial charge is 0.342 e. The second-order valence-corrected chi connectivity index (χ2v) is 6.05. The van der Waals surface area contributed by atoms with Crippen molar-refractivity contribution in [2.75, 3.05) is 25.1 Å². The van der Waals surface area contributed by atoms with Crippen molar-refractivity contribution < 1.29 is 4.79 Å². The van der Waals surface area contributed by atoms with E-state index in [0.29, 0.717) is 30.2 Å². The van der Waals surface area contributed by atoms with Gasteiger partial charge in [0.2, 0.25) is 5.91 Å². The van der Waals surface area contributed by atoms with Gasteiger partial charge in [0, 0.05) is 31.3 Å². The van der Waals surface area contributed by atoms with E-state index in [1.54, 1.807) is 11.8 Å². The van der Waals surface area contributed by atoms with Crippen LogP contribution >= 0.6 is 24.2 Å². The molecule has 2 aliphatic rings. The third kappa shape index (κ3) is 3.52. The fraction of sp³-hybridized carbons (Fsp3) is 0.917. The second-order valence-electron chi connectivity index (χ2n) is 5.06. The zero-order valence-corrected chi connectivity index (χ0v) is 12.1. The Morgan fingerprint density at radius 2 is 2.18 bits per heavy atom. The van der Waals surface area contributed by atoms with Gasteiger partial charge in [-0.2, -0.15) is 11.8 Å². The Kier molecular flexibility index (Phi) is 6.10. The molecule has 5 heteroatoms. The number of carbonyl (C=O) groups excluding carboxylic acids is 1. The monoisotopic (exact) mass is 278 g/mol. The van der Waals surface area contributed by atoms with Crippen LogP contribution in [0.25, 0.3) is 0 Å². The van der Waals surface area contributed by atoms with Gasteiger partial charge < -0.3 is 10.6 Å². The van der Waals surface area contributed by atoms with Crippen molar-refractivity contribution >= 4 is 30.1 Å². The number of hydrogen-bond donors (Lipinski definition) is 1. The summed E-state index contributed by atoms with van der Waals surface area (Å²) in [4.78, 5) is 14.0. The summed E-state index contributed by atoms with van der Waals surface area (Å²) >= 11 is 1.74. The van der Waals surface area contributed by atoms with Gasteiger partial charge in [0.15, 0.2) is 0 Å². The molecule has 1 saturated carbocycles. The fourth-order valence-electron chi connectivity index (χ4n) is 3.07. The normalized spacial score (nSPS) is 31.9. The molecule has 2 fully saturated rings. The number of carbonyl (C=O) groups is 1. The van der Waals surface area contributed by atoms with Gasteiger partial charge in [0.25, 0.3) is 0 Å². The standard InChI is InChI=1S/C12H22N2OS.ClH/c1-16-6-5-12(15)14-7-9-3-2-4-11(13)10(9)8-14;/h9-11H,2-8,13H2,1H3;1H. The highest BCUT2D eigenvalue weighted by molar-refractivity contribution is 7.98. The minimum absolute atomic E-state index is 0. The van der Waals surface area contributed by atoms with E-state index < -0.39 is 0 Å². The maximum atomic E-state index is 11.9. The summed E-state index contributed by atoms with van der Waals surface area (Å²) < 4.78 is 0. The molecule has 1 aliphatic heterocycles. The van der Waals surface area contributed by atoms with Crippen molar-refractivity contribution in [2.45, 2.75) is 31.7 Å². The summed E-state index contributed by atoms with van der Waals surface area (Å²) in [6.07, 6.45) is 6.40. The predicted octanol–water partition coefficient (Wildman–Crippen LogP) is 1.75. The quantitative estimate of drug-likeness (QED) is 0.856. The molecule has 2 N–H and O–H groups in total. The zero-order chi connectivity index (χ0) is 11.5. The Morgan fingerprint density at radius 3 is 2.82 bits per heavy atom. The molecule has 3 nitrogen and oxygen atoms in total. The van der Waals surface area contributed by atoms with Crippen LogP contribution in [0, 0.1) is 11.8 Å². The minimum atomic E-state index is 0. The van der Waals surface area contributed by atoms with Crippen LogP contribution in [0.2, 0.25) is 0 Å². The molecule has 0 bridgehead atoms. The van der Waals surface area contributed by atoms with Gasteiger partial charge in [-0.05, 0) is 30.9 Å². The summed E-state index contributed by atoms with van der Waals surface area (Å²) in [5, 5.41) is 0. The molecule has 1 heterocycles. The molecule has 0 radical (unpaired) electrons. The first kappa shape index (κ1) is 15.1. The highest BCUT2D eigenvalue weighted by Gasteiger charge is 2.39. The van der Waals surface area contributed by atoms with Crippen LogP contribution in [0.4, 0.5) is 0 Å². The van der Waals surface area contributed by atoms with Crippen LogP contribution in [0.1, 0.15) is 25.7 Å². The average molecular weight is 279 g/mol. The number of amides is 1. The minimum Gasteiger partial charge on any atom is -0.342 e. The average Bonchev–Trinajstić information content (AvgIpc) is 2.71. The Bertz CT molecular complexity index is 265. The van der Waals surface area contributed by atoms with Gasteiger partial charge in [-0.25, -0.2) is 0 Å². The molecule has 0 aromatic carbocycles. The van der Waals surface area contributed by atoms with Gasteiger partial charge in [0.1, 0.15) is 0 Å². The van der Waals surface area contributed by atoms with Crippen molar-refractivity contribution in [2.24, 2.45) is 17.6 Å². The van der Waals surface area contributed by atoms with Crippen LogP contribution in [0.5, 0.6) is 0 Å². The highest BCUT2D eigenvalue weighted by atomic mass is 35.5. The maximum absolute atomic E-state index is 11.9. The molecule has 0 aromatic rings. The van der Waals surface area contributed by atoms with Gasteiger partial charge >= 0.3 is 0 Å². The van der Waals surface area contributed by atoms with Crippen LogP contribution in [-0.2, 0) is 4.79 Å². The molecule has 0 aromatic heterocycles. The van der Waals surface area contributed by atoms with Gasteiger partial charge in [-0.15, -0.1) is 12.4 Å². The van der Waals surface area contributed by atoms with Crippen LogP contribution < -0.4 is 5.73 Å². The summed E-state index contributed by atoms with van der Waals surface area (Å²) in [6, 6.07) is 0.331.